The normalized spacial score (nSPS) is 18.9. The number of piperazine rings is 1. The average molecular weight is 415 g/mol. The molecule has 2 aromatic rings. The highest BCUT2D eigenvalue weighted by atomic mass is 32.1. The van der Waals surface area contributed by atoms with Crippen LogP contribution in [0.3, 0.4) is 0 Å². The van der Waals surface area contributed by atoms with E-state index in [2.05, 4.69) is 41.0 Å². The van der Waals surface area contributed by atoms with Gasteiger partial charge in [0.1, 0.15) is 5.01 Å². The lowest BCUT2D eigenvalue weighted by Gasteiger charge is -2.34. The minimum atomic E-state index is 0.193. The van der Waals surface area contributed by atoms with Gasteiger partial charge in [0.05, 0.1) is 25.3 Å². The molecule has 0 aliphatic carbocycles. The van der Waals surface area contributed by atoms with Crippen molar-refractivity contribution in [1.29, 1.82) is 0 Å². The van der Waals surface area contributed by atoms with E-state index >= 15 is 0 Å². The number of benzene rings is 1. The first-order valence-electron chi connectivity index (χ1n) is 10.5. The molecule has 156 valence electrons. The van der Waals surface area contributed by atoms with Crippen LogP contribution >= 0.6 is 11.3 Å². The lowest BCUT2D eigenvalue weighted by Crippen LogP contribution is -2.48. The minimum absolute atomic E-state index is 0.193. The second-order valence-electron chi connectivity index (χ2n) is 7.72. The summed E-state index contributed by atoms with van der Waals surface area (Å²) < 4.78 is 5.44. The number of likely N-dealkylation sites (N-methyl/N-ethyl adjacent to an activating group) is 1. The third-order valence-electron chi connectivity index (χ3n) is 5.74. The van der Waals surface area contributed by atoms with Crippen LogP contribution in [0, 0.1) is 0 Å². The fraction of sp³-hybridized carbons (Fsp3) is 0.545. The molecular formula is C22H30N4O2S. The molecule has 0 radical (unpaired) electrons. The van der Waals surface area contributed by atoms with Gasteiger partial charge < -0.3 is 14.5 Å². The standard InChI is InChI=1S/C22H30N4O2S/c1-2-24-6-8-26(9-7-24)21(27)15-20-17-29-22(23-20)19-5-3-4-18(14-19)16-25-10-12-28-13-11-25/h3-5,14,17H,2,6-13,15-16H2,1H3. The Morgan fingerprint density at radius 2 is 1.90 bits per heavy atom. The first kappa shape index (κ1) is 20.5. The van der Waals surface area contributed by atoms with Crippen molar-refractivity contribution in [2.75, 3.05) is 59.0 Å². The number of hydrogen-bond acceptors (Lipinski definition) is 6. The predicted molar refractivity (Wildman–Crippen MR) is 116 cm³/mol. The van der Waals surface area contributed by atoms with Crippen LogP contribution in [0.1, 0.15) is 18.2 Å². The van der Waals surface area contributed by atoms with Crippen LogP contribution in [-0.4, -0.2) is 84.6 Å². The van der Waals surface area contributed by atoms with E-state index in [4.69, 9.17) is 9.72 Å². The molecule has 0 spiro atoms. The Bertz CT molecular complexity index is 811. The minimum Gasteiger partial charge on any atom is -0.379 e. The Labute approximate surface area is 177 Å². The number of nitrogens with zero attached hydrogens (tertiary/aromatic N) is 4. The van der Waals surface area contributed by atoms with Crippen molar-refractivity contribution < 1.29 is 9.53 Å². The summed E-state index contributed by atoms with van der Waals surface area (Å²) in [6.07, 6.45) is 0.399. The Morgan fingerprint density at radius 3 is 2.66 bits per heavy atom. The van der Waals surface area contributed by atoms with E-state index in [1.807, 2.05) is 10.3 Å². The molecule has 0 saturated carbocycles. The maximum absolute atomic E-state index is 12.6. The van der Waals surface area contributed by atoms with Crippen LogP contribution in [0.25, 0.3) is 10.6 Å². The summed E-state index contributed by atoms with van der Waals surface area (Å²) >= 11 is 1.63. The molecule has 0 bridgehead atoms. The van der Waals surface area contributed by atoms with Gasteiger partial charge in [-0.05, 0) is 18.2 Å². The van der Waals surface area contributed by atoms with E-state index < -0.39 is 0 Å². The second kappa shape index (κ2) is 9.80. The third kappa shape index (κ3) is 5.42. The van der Waals surface area contributed by atoms with E-state index in [0.29, 0.717) is 6.42 Å². The Kier molecular flexibility index (Phi) is 6.92. The van der Waals surface area contributed by atoms with Gasteiger partial charge in [0.15, 0.2) is 0 Å². The van der Waals surface area contributed by atoms with E-state index in [1.54, 1.807) is 11.3 Å². The Hall–Kier alpha value is -1.80. The topological polar surface area (TPSA) is 48.9 Å². The molecule has 2 saturated heterocycles. The van der Waals surface area contributed by atoms with E-state index in [-0.39, 0.29) is 5.91 Å². The highest BCUT2D eigenvalue weighted by Crippen LogP contribution is 2.25. The molecule has 1 aromatic carbocycles. The van der Waals surface area contributed by atoms with Crippen molar-refractivity contribution in [3.05, 3.63) is 40.9 Å². The van der Waals surface area contributed by atoms with Gasteiger partial charge in [-0.15, -0.1) is 11.3 Å². The molecule has 1 aromatic heterocycles. The van der Waals surface area contributed by atoms with Crippen molar-refractivity contribution in [3.63, 3.8) is 0 Å². The molecule has 0 atom stereocenters. The van der Waals surface area contributed by atoms with Gasteiger partial charge in [-0.2, -0.15) is 0 Å². The van der Waals surface area contributed by atoms with E-state index in [0.717, 1.165) is 81.8 Å². The molecule has 29 heavy (non-hydrogen) atoms. The van der Waals surface area contributed by atoms with Crippen LogP contribution in [-0.2, 0) is 22.5 Å². The van der Waals surface area contributed by atoms with Crippen LogP contribution in [0.4, 0.5) is 0 Å². The molecule has 0 unspecified atom stereocenters. The van der Waals surface area contributed by atoms with Gasteiger partial charge in [0.2, 0.25) is 5.91 Å². The maximum Gasteiger partial charge on any atom is 0.228 e. The van der Waals surface area contributed by atoms with E-state index in [9.17, 15) is 4.79 Å². The first-order valence-corrected chi connectivity index (χ1v) is 11.4. The molecule has 3 heterocycles. The van der Waals surface area contributed by atoms with Gasteiger partial charge in [-0.3, -0.25) is 9.69 Å². The Balaban J connectivity index is 1.36. The van der Waals surface area contributed by atoms with Crippen LogP contribution in [0.2, 0.25) is 0 Å². The number of rotatable bonds is 6. The fourth-order valence-electron chi connectivity index (χ4n) is 3.92. The third-order valence-corrected chi connectivity index (χ3v) is 6.68. The molecule has 6 nitrogen and oxygen atoms in total. The molecule has 4 rings (SSSR count). The largest absolute Gasteiger partial charge is 0.379 e. The summed E-state index contributed by atoms with van der Waals surface area (Å²) in [6, 6.07) is 8.61. The van der Waals surface area contributed by atoms with Crippen LogP contribution < -0.4 is 0 Å². The SMILES string of the molecule is CCN1CCN(C(=O)Cc2csc(-c3cccc(CN4CCOCC4)c3)n2)CC1. The van der Waals surface area contributed by atoms with Crippen LogP contribution in [0.15, 0.2) is 29.6 Å². The first-order chi connectivity index (χ1) is 14.2. The molecule has 7 heteroatoms. The summed E-state index contributed by atoms with van der Waals surface area (Å²) in [5.74, 6) is 0.193. The van der Waals surface area contributed by atoms with Gasteiger partial charge >= 0.3 is 0 Å². The number of hydrogen-bond donors (Lipinski definition) is 0. The van der Waals surface area contributed by atoms with Gasteiger partial charge in [-0.1, -0.05) is 25.1 Å². The average Bonchev–Trinajstić information content (AvgIpc) is 3.23. The van der Waals surface area contributed by atoms with Crippen molar-refractivity contribution in [2.24, 2.45) is 0 Å². The monoisotopic (exact) mass is 414 g/mol. The van der Waals surface area contributed by atoms with Gasteiger partial charge in [0, 0.05) is 56.8 Å². The number of carbonyl (C=O) groups excluding carboxylic acids is 1. The lowest BCUT2D eigenvalue weighted by molar-refractivity contribution is -0.132. The number of aromatic nitrogens is 1. The maximum atomic E-state index is 12.6. The van der Waals surface area contributed by atoms with Crippen molar-refractivity contribution >= 4 is 17.2 Å². The Morgan fingerprint density at radius 1 is 1.10 bits per heavy atom. The molecule has 2 aliphatic heterocycles. The molecule has 2 fully saturated rings. The summed E-state index contributed by atoms with van der Waals surface area (Å²) in [7, 11) is 0. The zero-order valence-corrected chi connectivity index (χ0v) is 18.0. The van der Waals surface area contributed by atoms with Crippen molar-refractivity contribution in [1.82, 2.24) is 19.7 Å². The summed E-state index contributed by atoms with van der Waals surface area (Å²) in [6.45, 7) is 11.4. The van der Waals surface area contributed by atoms with Crippen molar-refractivity contribution in [3.8, 4) is 10.6 Å². The lowest BCUT2D eigenvalue weighted by atomic mass is 10.1. The second-order valence-corrected chi connectivity index (χ2v) is 8.58. The van der Waals surface area contributed by atoms with E-state index in [1.165, 1.54) is 5.56 Å². The summed E-state index contributed by atoms with van der Waals surface area (Å²) in [5.41, 5.74) is 3.31. The summed E-state index contributed by atoms with van der Waals surface area (Å²) in [4.78, 5) is 24.2. The predicted octanol–water partition coefficient (Wildman–Crippen LogP) is 2.35. The highest BCUT2D eigenvalue weighted by Gasteiger charge is 2.21. The quantitative estimate of drug-likeness (QED) is 0.726. The van der Waals surface area contributed by atoms with Crippen molar-refractivity contribution in [2.45, 2.75) is 19.9 Å². The number of amides is 1. The zero-order valence-electron chi connectivity index (χ0n) is 17.2. The number of carbonyl (C=O) groups is 1. The highest BCUT2D eigenvalue weighted by molar-refractivity contribution is 7.13. The molecular weight excluding hydrogens is 384 g/mol. The van der Waals surface area contributed by atoms with Gasteiger partial charge in [-0.25, -0.2) is 4.98 Å². The smallest absolute Gasteiger partial charge is 0.228 e. The van der Waals surface area contributed by atoms with Crippen LogP contribution in [0.5, 0.6) is 0 Å². The number of morpholine rings is 1. The van der Waals surface area contributed by atoms with Gasteiger partial charge in [0.25, 0.3) is 0 Å². The molecule has 2 aliphatic rings. The number of thiazole rings is 1. The molecule has 1 amide bonds. The number of ether oxygens (including phenoxy) is 1. The zero-order chi connectivity index (χ0) is 20.1. The molecule has 0 N–H and O–H groups in total. The fourth-order valence-corrected chi connectivity index (χ4v) is 4.74. The summed E-state index contributed by atoms with van der Waals surface area (Å²) in [5, 5.41) is 3.02.